The van der Waals surface area contributed by atoms with Crippen molar-refractivity contribution in [3.05, 3.63) is 71.8 Å². The van der Waals surface area contributed by atoms with Crippen LogP contribution in [0.3, 0.4) is 0 Å². The van der Waals surface area contributed by atoms with E-state index in [-0.39, 0.29) is 11.7 Å². The minimum atomic E-state index is -0.335. The average molecular weight is 415 g/mol. The molecule has 0 spiro atoms. The first-order valence-electron chi connectivity index (χ1n) is 8.99. The van der Waals surface area contributed by atoms with Crippen LogP contribution in [0.1, 0.15) is 16.1 Å². The molecule has 0 unspecified atom stereocenters. The molecule has 29 heavy (non-hydrogen) atoms. The van der Waals surface area contributed by atoms with Crippen molar-refractivity contribution in [1.29, 1.82) is 0 Å². The van der Waals surface area contributed by atoms with E-state index in [9.17, 15) is 9.18 Å². The number of imidazole rings is 1. The standard InChI is InChI=1S/C21H22FN3O3S/c1-27-10-11-28-18-5-3-4-15(12-18)13-23-20(26)19-14-24-21(29-2)25(19)17-8-6-16(22)7-9-17/h3-9,12,14H,10-11,13H2,1-2H3,(H,23,26). The Balaban J connectivity index is 1.72. The van der Waals surface area contributed by atoms with Crippen molar-refractivity contribution < 1.29 is 18.7 Å². The Hall–Kier alpha value is -2.84. The molecule has 6 nitrogen and oxygen atoms in total. The molecule has 0 aliphatic carbocycles. The number of nitrogens with zero attached hydrogens (tertiary/aromatic N) is 2. The Kier molecular flexibility index (Phi) is 7.26. The van der Waals surface area contributed by atoms with Gasteiger partial charge in [0.15, 0.2) is 5.16 Å². The van der Waals surface area contributed by atoms with E-state index in [0.717, 1.165) is 11.3 Å². The van der Waals surface area contributed by atoms with Crippen LogP contribution in [-0.4, -0.2) is 42.0 Å². The van der Waals surface area contributed by atoms with Gasteiger partial charge in [-0.05, 0) is 48.2 Å². The lowest BCUT2D eigenvalue weighted by Crippen LogP contribution is -2.25. The van der Waals surface area contributed by atoms with Crippen LogP contribution in [-0.2, 0) is 11.3 Å². The summed E-state index contributed by atoms with van der Waals surface area (Å²) in [6, 6.07) is 13.5. The molecule has 3 rings (SSSR count). The summed E-state index contributed by atoms with van der Waals surface area (Å²) >= 11 is 1.41. The first kappa shape index (κ1) is 20.9. The zero-order valence-corrected chi connectivity index (χ0v) is 17.0. The van der Waals surface area contributed by atoms with E-state index in [4.69, 9.17) is 9.47 Å². The molecule has 8 heteroatoms. The topological polar surface area (TPSA) is 65.4 Å². The van der Waals surface area contributed by atoms with Gasteiger partial charge in [0.05, 0.1) is 12.8 Å². The van der Waals surface area contributed by atoms with E-state index >= 15 is 0 Å². The summed E-state index contributed by atoms with van der Waals surface area (Å²) in [6.45, 7) is 1.30. The third-order valence-electron chi connectivity index (χ3n) is 4.14. The maximum atomic E-state index is 13.3. The van der Waals surface area contributed by atoms with E-state index in [1.165, 1.54) is 30.1 Å². The lowest BCUT2D eigenvalue weighted by Gasteiger charge is -2.12. The fraction of sp³-hybridized carbons (Fsp3) is 0.238. The molecule has 1 heterocycles. The minimum absolute atomic E-state index is 0.271. The Morgan fingerprint density at radius 2 is 2.00 bits per heavy atom. The van der Waals surface area contributed by atoms with Gasteiger partial charge in [-0.2, -0.15) is 0 Å². The number of halogens is 1. The monoisotopic (exact) mass is 415 g/mol. The van der Waals surface area contributed by atoms with Crippen molar-refractivity contribution in [1.82, 2.24) is 14.9 Å². The molecular weight excluding hydrogens is 393 g/mol. The number of aromatic nitrogens is 2. The normalized spacial score (nSPS) is 10.7. The highest BCUT2D eigenvalue weighted by molar-refractivity contribution is 7.98. The number of hydrogen-bond donors (Lipinski definition) is 1. The van der Waals surface area contributed by atoms with Crippen molar-refractivity contribution >= 4 is 17.7 Å². The van der Waals surface area contributed by atoms with Crippen LogP contribution in [0.15, 0.2) is 59.9 Å². The second-order valence-corrected chi connectivity index (χ2v) is 6.89. The van der Waals surface area contributed by atoms with Crippen LogP contribution in [0.2, 0.25) is 0 Å². The van der Waals surface area contributed by atoms with Crippen LogP contribution in [0.25, 0.3) is 5.69 Å². The highest BCUT2D eigenvalue weighted by atomic mass is 32.2. The largest absolute Gasteiger partial charge is 0.491 e. The Bertz CT molecular complexity index is 960. The zero-order valence-electron chi connectivity index (χ0n) is 16.2. The SMILES string of the molecule is COCCOc1cccc(CNC(=O)c2cnc(SC)n2-c2ccc(F)cc2)c1. The molecule has 0 saturated carbocycles. The number of hydrogen-bond acceptors (Lipinski definition) is 5. The van der Waals surface area contributed by atoms with Crippen LogP contribution >= 0.6 is 11.8 Å². The van der Waals surface area contributed by atoms with Gasteiger partial charge < -0.3 is 14.8 Å². The second kappa shape index (κ2) is 10.1. The van der Waals surface area contributed by atoms with Gasteiger partial charge in [0.25, 0.3) is 5.91 Å². The maximum absolute atomic E-state index is 13.3. The average Bonchev–Trinajstić information content (AvgIpc) is 3.17. The van der Waals surface area contributed by atoms with Crippen LogP contribution in [0, 0.1) is 5.82 Å². The number of carbonyl (C=O) groups excluding carboxylic acids is 1. The van der Waals surface area contributed by atoms with Gasteiger partial charge in [0.2, 0.25) is 0 Å². The first-order valence-corrected chi connectivity index (χ1v) is 10.2. The van der Waals surface area contributed by atoms with Crippen molar-refractivity contribution in [2.45, 2.75) is 11.7 Å². The summed E-state index contributed by atoms with van der Waals surface area (Å²) in [5.41, 5.74) is 1.96. The number of methoxy groups -OCH3 is 1. The fourth-order valence-corrected chi connectivity index (χ4v) is 3.28. The zero-order chi connectivity index (χ0) is 20.6. The summed E-state index contributed by atoms with van der Waals surface area (Å²) in [6.07, 6.45) is 3.40. The highest BCUT2D eigenvalue weighted by Gasteiger charge is 2.17. The molecule has 0 aliphatic rings. The van der Waals surface area contributed by atoms with E-state index in [0.29, 0.717) is 36.3 Å². The lowest BCUT2D eigenvalue weighted by molar-refractivity contribution is 0.0943. The Morgan fingerprint density at radius 3 is 2.72 bits per heavy atom. The number of rotatable bonds is 9. The summed E-state index contributed by atoms with van der Waals surface area (Å²) in [5.74, 6) is 0.112. The maximum Gasteiger partial charge on any atom is 0.270 e. The van der Waals surface area contributed by atoms with Gasteiger partial charge in [-0.25, -0.2) is 9.37 Å². The van der Waals surface area contributed by atoms with Crippen molar-refractivity contribution in [3.8, 4) is 11.4 Å². The molecule has 0 saturated heterocycles. The van der Waals surface area contributed by atoms with Gasteiger partial charge >= 0.3 is 0 Å². The van der Waals surface area contributed by atoms with Crippen LogP contribution < -0.4 is 10.1 Å². The molecule has 1 amide bonds. The number of carbonyl (C=O) groups is 1. The molecule has 0 atom stereocenters. The predicted molar refractivity (Wildman–Crippen MR) is 110 cm³/mol. The van der Waals surface area contributed by atoms with Crippen molar-refractivity contribution in [2.75, 3.05) is 26.6 Å². The molecule has 0 bridgehead atoms. The fourth-order valence-electron chi connectivity index (χ4n) is 2.74. The lowest BCUT2D eigenvalue weighted by atomic mass is 10.2. The van der Waals surface area contributed by atoms with Gasteiger partial charge in [0, 0.05) is 19.3 Å². The van der Waals surface area contributed by atoms with E-state index in [1.54, 1.807) is 23.8 Å². The molecule has 1 N–H and O–H groups in total. The van der Waals surface area contributed by atoms with Crippen molar-refractivity contribution in [3.63, 3.8) is 0 Å². The Morgan fingerprint density at radius 1 is 1.21 bits per heavy atom. The van der Waals surface area contributed by atoms with Crippen LogP contribution in [0.5, 0.6) is 5.75 Å². The van der Waals surface area contributed by atoms with Crippen LogP contribution in [0.4, 0.5) is 4.39 Å². The summed E-state index contributed by atoms with van der Waals surface area (Å²) in [7, 11) is 1.62. The molecule has 0 fully saturated rings. The third-order valence-corrected chi connectivity index (χ3v) is 4.79. The molecule has 3 aromatic rings. The van der Waals surface area contributed by atoms with Crippen molar-refractivity contribution in [2.24, 2.45) is 0 Å². The van der Waals surface area contributed by atoms with Gasteiger partial charge in [0.1, 0.15) is 23.9 Å². The summed E-state index contributed by atoms with van der Waals surface area (Å²) in [4.78, 5) is 17.1. The Labute approximate surface area is 173 Å². The number of ether oxygens (including phenoxy) is 2. The molecule has 2 aromatic carbocycles. The number of benzene rings is 2. The quantitative estimate of drug-likeness (QED) is 0.427. The number of nitrogens with one attached hydrogen (secondary N) is 1. The molecule has 0 aliphatic heterocycles. The molecule has 1 aromatic heterocycles. The minimum Gasteiger partial charge on any atom is -0.491 e. The van der Waals surface area contributed by atoms with E-state index in [2.05, 4.69) is 10.3 Å². The second-order valence-electron chi connectivity index (χ2n) is 6.11. The van der Waals surface area contributed by atoms with E-state index < -0.39 is 0 Å². The smallest absolute Gasteiger partial charge is 0.270 e. The van der Waals surface area contributed by atoms with Gasteiger partial charge in [-0.15, -0.1) is 0 Å². The number of thioether (sulfide) groups is 1. The van der Waals surface area contributed by atoms with E-state index in [1.807, 2.05) is 30.5 Å². The number of amides is 1. The summed E-state index contributed by atoms with van der Waals surface area (Å²) in [5, 5.41) is 3.55. The predicted octanol–water partition coefficient (Wildman–Crippen LogP) is 3.69. The third kappa shape index (κ3) is 5.36. The molecule has 152 valence electrons. The molecular formula is C21H22FN3O3S. The summed E-state index contributed by atoms with van der Waals surface area (Å²) < 4.78 is 25.6. The first-order chi connectivity index (χ1) is 14.1. The van der Waals surface area contributed by atoms with Gasteiger partial charge in [-0.3, -0.25) is 9.36 Å². The highest BCUT2D eigenvalue weighted by Crippen LogP contribution is 2.22. The van der Waals surface area contributed by atoms with Gasteiger partial charge in [-0.1, -0.05) is 23.9 Å². The molecule has 0 radical (unpaired) electrons.